The molecule has 5 fully saturated rings. The van der Waals surface area contributed by atoms with E-state index in [-0.39, 0.29) is 70.0 Å². The van der Waals surface area contributed by atoms with Gasteiger partial charge in [-0.1, -0.05) is 92.2 Å². The van der Waals surface area contributed by atoms with Crippen LogP contribution in [0.2, 0.25) is 0 Å². The molecule has 0 spiro atoms. The second kappa shape index (κ2) is 15.5. The van der Waals surface area contributed by atoms with Gasteiger partial charge in [0.25, 0.3) is 5.91 Å². The second-order valence-corrected chi connectivity index (χ2v) is 23.8. The molecule has 0 saturated heterocycles. The monoisotopic (exact) mass is 880 g/mol. The number of carboxylic acids is 1. The number of carbonyl (C=O) groups is 5. The van der Waals surface area contributed by atoms with Crippen molar-refractivity contribution in [3.8, 4) is 0 Å². The van der Waals surface area contributed by atoms with Gasteiger partial charge in [0.05, 0.1) is 23.5 Å². The maximum atomic E-state index is 14.3. The Labute approximate surface area is 379 Å². The fraction of sp³-hybridized carbons (Fsp3) is 0.698. The summed E-state index contributed by atoms with van der Waals surface area (Å²) in [5.74, 6) is -2.01. The number of hydrogen-bond donors (Lipinski definition) is 4. The number of nitrogens with zero attached hydrogens (tertiary/aromatic N) is 1. The minimum absolute atomic E-state index is 0.00317. The number of rotatable bonds is 10. The molecule has 0 radical (unpaired) electrons. The maximum Gasteiger partial charge on any atom is 0.309 e. The number of aromatic nitrogens is 1. The molecular formula is C53H73N3O8. The molecule has 11 atom stereocenters. The number of ketones is 1. The van der Waals surface area contributed by atoms with Crippen LogP contribution in [-0.4, -0.2) is 69.0 Å². The number of para-hydroxylation sites is 1. The number of ether oxygens (including phenoxy) is 1. The quantitative estimate of drug-likeness (QED) is 0.170. The van der Waals surface area contributed by atoms with Gasteiger partial charge in [-0.25, -0.2) is 4.98 Å². The molecule has 6 aliphatic rings. The molecule has 0 bridgehead atoms. The number of amides is 2. The Morgan fingerprint density at radius 2 is 1.55 bits per heavy atom. The zero-order valence-electron chi connectivity index (χ0n) is 40.2. The minimum atomic E-state index is -1.31. The van der Waals surface area contributed by atoms with E-state index in [0.717, 1.165) is 61.5 Å². The summed E-state index contributed by atoms with van der Waals surface area (Å²) in [6.07, 6.45) is 6.49. The number of nitrogens with one attached hydrogen (secondary N) is 2. The molecule has 2 amide bonds. The third kappa shape index (κ3) is 6.81. The SMILES string of the molecule is CC(C)C1=C2[C@H]3CC[C@@H]4[C@@]5(C)CC[C@H](OC(=O)[C@H]6C[C@@H](C(=O)O)C6(C)C)C(C)(C)[C@@H]5CC[C@@]4(C)[C@]3(C)CC[C@@]2([C@@H](O)CNC(=O)C(C)(C)NC(=O)c2ccc3ccccc3n2)CC1=O. The fourth-order valence-electron chi connectivity index (χ4n) is 15.4. The predicted molar refractivity (Wildman–Crippen MR) is 245 cm³/mol. The van der Waals surface area contributed by atoms with Crippen LogP contribution in [0.5, 0.6) is 0 Å². The Bertz CT molecular complexity index is 2310. The Morgan fingerprint density at radius 1 is 0.844 bits per heavy atom. The van der Waals surface area contributed by atoms with Crippen molar-refractivity contribution in [3.63, 3.8) is 0 Å². The summed E-state index contributed by atoms with van der Waals surface area (Å²) in [6, 6.07) is 11.0. The van der Waals surface area contributed by atoms with E-state index in [1.165, 1.54) is 0 Å². The first kappa shape index (κ1) is 46.4. The summed E-state index contributed by atoms with van der Waals surface area (Å²) >= 11 is 0. The number of carboxylic acid groups (broad SMARTS) is 1. The Morgan fingerprint density at radius 3 is 2.22 bits per heavy atom. The molecule has 11 heteroatoms. The van der Waals surface area contributed by atoms with E-state index in [1.54, 1.807) is 19.9 Å². The van der Waals surface area contributed by atoms with Gasteiger partial charge in [-0.3, -0.25) is 24.0 Å². The summed E-state index contributed by atoms with van der Waals surface area (Å²) in [7, 11) is 0. The van der Waals surface area contributed by atoms with Crippen molar-refractivity contribution < 1.29 is 38.9 Å². The Kier molecular flexibility index (Phi) is 11.2. The second-order valence-electron chi connectivity index (χ2n) is 23.8. The van der Waals surface area contributed by atoms with Crippen LogP contribution in [0.1, 0.15) is 151 Å². The lowest BCUT2D eigenvalue weighted by Crippen LogP contribution is -2.66. The minimum Gasteiger partial charge on any atom is -0.481 e. The van der Waals surface area contributed by atoms with E-state index >= 15 is 0 Å². The van der Waals surface area contributed by atoms with Crippen molar-refractivity contribution in [1.29, 1.82) is 0 Å². The van der Waals surface area contributed by atoms with Gasteiger partial charge in [-0.2, -0.15) is 0 Å². The van der Waals surface area contributed by atoms with Crippen molar-refractivity contribution in [2.24, 2.45) is 68.0 Å². The highest BCUT2D eigenvalue weighted by Gasteiger charge is 2.71. The summed E-state index contributed by atoms with van der Waals surface area (Å²) in [6.45, 7) is 23.2. The molecule has 4 N–H and O–H groups in total. The van der Waals surface area contributed by atoms with Gasteiger partial charge in [0, 0.05) is 29.2 Å². The van der Waals surface area contributed by atoms with Gasteiger partial charge in [-0.05, 0) is 135 Å². The molecule has 0 aliphatic heterocycles. The molecule has 64 heavy (non-hydrogen) atoms. The van der Waals surface area contributed by atoms with Crippen LogP contribution < -0.4 is 10.6 Å². The number of aliphatic carboxylic acids is 1. The van der Waals surface area contributed by atoms with Gasteiger partial charge in [0.2, 0.25) is 5.91 Å². The fourth-order valence-corrected chi connectivity index (χ4v) is 15.4. The summed E-state index contributed by atoms with van der Waals surface area (Å²) < 4.78 is 6.42. The van der Waals surface area contributed by atoms with Crippen LogP contribution in [0, 0.1) is 68.0 Å². The van der Waals surface area contributed by atoms with E-state index in [1.807, 2.05) is 44.2 Å². The number of aliphatic hydroxyl groups is 1. The zero-order chi connectivity index (χ0) is 46.7. The Hall–Kier alpha value is -4.12. The summed E-state index contributed by atoms with van der Waals surface area (Å²) in [4.78, 5) is 71.4. The van der Waals surface area contributed by atoms with Gasteiger partial charge < -0.3 is 25.6 Å². The molecule has 348 valence electrons. The van der Waals surface area contributed by atoms with Crippen molar-refractivity contribution in [1.82, 2.24) is 15.6 Å². The lowest BCUT2D eigenvalue weighted by atomic mass is 9.33. The molecule has 2 aromatic rings. The zero-order valence-corrected chi connectivity index (χ0v) is 40.2. The van der Waals surface area contributed by atoms with Crippen LogP contribution in [0.15, 0.2) is 47.5 Å². The lowest BCUT2D eigenvalue weighted by molar-refractivity contribution is -0.238. The lowest BCUT2D eigenvalue weighted by Gasteiger charge is -2.72. The number of fused-ring (bicyclic) bond motifs is 8. The third-order valence-corrected chi connectivity index (χ3v) is 19.5. The number of pyridine rings is 1. The van der Waals surface area contributed by atoms with Crippen molar-refractivity contribution in [2.75, 3.05) is 6.54 Å². The van der Waals surface area contributed by atoms with E-state index < -0.39 is 52.1 Å². The van der Waals surface area contributed by atoms with E-state index in [0.29, 0.717) is 30.2 Å². The number of benzene rings is 1. The molecule has 1 aromatic heterocycles. The predicted octanol–water partition coefficient (Wildman–Crippen LogP) is 8.86. The van der Waals surface area contributed by atoms with Gasteiger partial charge in [-0.15, -0.1) is 0 Å². The van der Waals surface area contributed by atoms with Crippen LogP contribution in [0.4, 0.5) is 0 Å². The Balaban J connectivity index is 0.994. The first-order valence-corrected chi connectivity index (χ1v) is 24.1. The molecule has 5 saturated carbocycles. The number of aliphatic hydroxyl groups excluding tert-OH is 1. The number of esters is 1. The van der Waals surface area contributed by atoms with Gasteiger partial charge in [0.15, 0.2) is 5.78 Å². The van der Waals surface area contributed by atoms with Crippen molar-refractivity contribution >= 4 is 40.4 Å². The van der Waals surface area contributed by atoms with E-state index in [4.69, 9.17) is 4.74 Å². The summed E-state index contributed by atoms with van der Waals surface area (Å²) in [5, 5.41) is 28.8. The molecule has 8 rings (SSSR count). The molecule has 0 unspecified atom stereocenters. The van der Waals surface area contributed by atoms with E-state index in [2.05, 4.69) is 64.1 Å². The highest BCUT2D eigenvalue weighted by Crippen LogP contribution is 2.77. The number of hydrogen-bond acceptors (Lipinski definition) is 8. The highest BCUT2D eigenvalue weighted by molar-refractivity contribution is 6.01. The average molecular weight is 880 g/mol. The maximum absolute atomic E-state index is 14.3. The third-order valence-electron chi connectivity index (χ3n) is 19.5. The number of allylic oxidation sites excluding steroid dienone is 1. The van der Waals surface area contributed by atoms with Crippen molar-refractivity contribution in [3.05, 3.63) is 53.2 Å². The smallest absolute Gasteiger partial charge is 0.309 e. The molecule has 1 heterocycles. The van der Waals surface area contributed by atoms with E-state index in [9.17, 15) is 34.2 Å². The molecular weight excluding hydrogens is 807 g/mol. The average Bonchev–Trinajstić information content (AvgIpc) is 3.53. The normalized spacial score (nSPS) is 36.7. The largest absolute Gasteiger partial charge is 0.481 e. The highest BCUT2D eigenvalue weighted by atomic mass is 16.5. The molecule has 6 aliphatic carbocycles. The molecule has 11 nitrogen and oxygen atoms in total. The first-order valence-electron chi connectivity index (χ1n) is 24.1. The van der Waals surface area contributed by atoms with Gasteiger partial charge >= 0.3 is 11.9 Å². The summed E-state index contributed by atoms with van der Waals surface area (Å²) in [5.41, 5.74) is -0.294. The van der Waals surface area contributed by atoms with Crippen LogP contribution >= 0.6 is 0 Å². The topological polar surface area (TPSA) is 172 Å². The number of Topliss-reactive ketones (excluding diaryl/α,β-unsaturated/α-hetero) is 1. The standard InChI is InChI=1S/C53H73N3O8/c1-29(2)41-36(57)27-53(39(58)28-54-46(63)49(7,8)56-43(59)35-18-16-30-14-12-13-15-34(30)55-35)25-24-51(10)31(42(41)53)17-19-38-50(9)22-21-40(48(5,6)37(50)20-23-52(38,51)11)64-45(62)33-26-32(44(60)61)47(33,3)4/h12-16,18,29,31-33,37-40,58H,17,19-28H2,1-11H3,(H,54,63)(H,56,59)(H,60,61)/t31-,32+,33-,37+,38-,39+,40+,50+,51-,52-,53+/m1/s1. The first-order chi connectivity index (χ1) is 29.8. The van der Waals surface area contributed by atoms with Crippen molar-refractivity contribution in [2.45, 2.75) is 158 Å². The molecule has 1 aromatic carbocycles. The van der Waals surface area contributed by atoms with Gasteiger partial charge in [0.1, 0.15) is 17.3 Å². The number of carbonyl (C=O) groups excluding carboxylic acids is 4. The van der Waals surface area contributed by atoms with Crippen LogP contribution in [0.3, 0.4) is 0 Å². The van der Waals surface area contributed by atoms with Crippen LogP contribution in [-0.2, 0) is 23.9 Å². The van der Waals surface area contributed by atoms with Crippen LogP contribution in [0.25, 0.3) is 10.9 Å².